The molecule has 0 aromatic heterocycles. The molecule has 0 radical (unpaired) electrons. The van der Waals surface area contributed by atoms with Gasteiger partial charge in [0, 0.05) is 0 Å². The molecule has 8 heavy (non-hydrogen) atoms. The maximum atomic E-state index is 8.58. The number of rotatable bonds is 0. The zero-order chi connectivity index (χ0) is 5.58. The second kappa shape index (κ2) is 22.8. The summed E-state index contributed by atoms with van der Waals surface area (Å²) >= 11 is -4.08. The van der Waals surface area contributed by atoms with Crippen LogP contribution in [0.2, 0.25) is 0 Å². The molecule has 0 amide bonds. The van der Waals surface area contributed by atoms with Crippen molar-refractivity contribution in [1.82, 2.24) is 0 Å². The molecule has 0 saturated heterocycles. The van der Waals surface area contributed by atoms with Crippen molar-refractivity contribution in [3.8, 4) is 0 Å². The second-order valence-electron chi connectivity index (χ2n) is 0.250. The molecular weight excluding hydrogens is 193 g/mol. The van der Waals surface area contributed by atoms with E-state index in [4.69, 9.17) is 11.9 Å². The fourth-order valence-corrected chi connectivity index (χ4v) is 0. The molecule has 0 aliphatic carbocycles. The van der Waals surface area contributed by atoms with Crippen LogP contribution in [0.1, 0.15) is 13.8 Å². The molecule has 0 atom stereocenters. The first-order chi connectivity index (χ1) is 2.73. The van der Waals surface area contributed by atoms with Gasteiger partial charge in [-0.05, 0) is 0 Å². The Kier molecular flexibility index (Phi) is 64.0. The molecule has 0 N–H and O–H groups in total. The van der Waals surface area contributed by atoms with E-state index in [1.807, 2.05) is 13.8 Å². The maximum absolute atomic E-state index is 8.58. The molecule has 3 nitrogen and oxygen atoms in total. The molecule has 0 aliphatic rings. The van der Waals surface area contributed by atoms with Crippen LogP contribution in [0, 0.1) is 0 Å². The Hall–Kier alpha value is 2.28. The molecule has 0 aromatic carbocycles. The van der Waals surface area contributed by atoms with Crippen LogP contribution in [-0.4, -0.2) is 15.3 Å². The molecule has 0 fully saturated rings. The molecule has 0 spiro atoms. The van der Waals surface area contributed by atoms with Crippen LogP contribution in [-0.2, 0) is 3.74 Å². The SMILES string of the molecule is CC.O=[AsH]([O-])[O-].[Na+].[Na+]. The van der Waals surface area contributed by atoms with E-state index in [1.54, 1.807) is 0 Å². The first-order valence-corrected chi connectivity index (χ1v) is 4.18. The largest absolute Gasteiger partial charge is 1.00 e. The average Bonchev–Trinajstić information content (AvgIpc) is 1.41. The van der Waals surface area contributed by atoms with Crippen molar-refractivity contribution in [1.29, 1.82) is 0 Å². The molecule has 0 rings (SSSR count). The van der Waals surface area contributed by atoms with Crippen molar-refractivity contribution in [3.05, 3.63) is 0 Å². The van der Waals surface area contributed by atoms with Crippen molar-refractivity contribution in [3.63, 3.8) is 0 Å². The van der Waals surface area contributed by atoms with Gasteiger partial charge in [0.2, 0.25) is 0 Å². The van der Waals surface area contributed by atoms with Gasteiger partial charge in [-0.1, -0.05) is 13.8 Å². The maximum Gasteiger partial charge on any atom is 1.00 e. The van der Waals surface area contributed by atoms with Crippen LogP contribution in [0.3, 0.4) is 0 Å². The van der Waals surface area contributed by atoms with E-state index >= 15 is 0 Å². The third-order valence-corrected chi connectivity index (χ3v) is 0. The molecule has 0 aromatic rings. The van der Waals surface area contributed by atoms with Gasteiger partial charge in [-0.2, -0.15) is 0 Å². The summed E-state index contributed by atoms with van der Waals surface area (Å²) in [5.74, 6) is 0. The smallest absolute Gasteiger partial charge is 1.00 e. The summed E-state index contributed by atoms with van der Waals surface area (Å²) in [5.41, 5.74) is 0. The quantitative estimate of drug-likeness (QED) is 0.365. The summed E-state index contributed by atoms with van der Waals surface area (Å²) < 4.78 is 25.8. The summed E-state index contributed by atoms with van der Waals surface area (Å²) in [6.07, 6.45) is 0. The van der Waals surface area contributed by atoms with Gasteiger partial charge in [0.25, 0.3) is 0 Å². The Labute approximate surface area is 98.6 Å². The normalized spacial score (nSPS) is 5.12. The predicted molar refractivity (Wildman–Crippen MR) is 19.2 cm³/mol. The van der Waals surface area contributed by atoms with Gasteiger partial charge in [0.05, 0.1) is 0 Å². The Balaban J connectivity index is -0.0000000183. The molecular formula is C2H7AsNa2O3. The summed E-state index contributed by atoms with van der Waals surface area (Å²) in [5, 5.41) is 0. The van der Waals surface area contributed by atoms with E-state index in [0.29, 0.717) is 0 Å². The van der Waals surface area contributed by atoms with Gasteiger partial charge in [-0.15, -0.1) is 0 Å². The zero-order valence-electron chi connectivity index (χ0n) is 5.72. The van der Waals surface area contributed by atoms with Crippen molar-refractivity contribution < 1.29 is 71.0 Å². The minimum atomic E-state index is -4.08. The molecule has 0 aliphatic heterocycles. The monoisotopic (exact) mass is 200 g/mol. The van der Waals surface area contributed by atoms with Crippen molar-refractivity contribution in [2.45, 2.75) is 13.8 Å². The van der Waals surface area contributed by atoms with Gasteiger partial charge in [0.15, 0.2) is 0 Å². The molecule has 6 heteroatoms. The summed E-state index contributed by atoms with van der Waals surface area (Å²) in [6, 6.07) is 0. The van der Waals surface area contributed by atoms with Crippen molar-refractivity contribution >= 4 is 15.3 Å². The van der Waals surface area contributed by atoms with Crippen LogP contribution in [0.15, 0.2) is 0 Å². The number of hydrogen-bond acceptors (Lipinski definition) is 3. The molecule has 0 bridgehead atoms. The van der Waals surface area contributed by atoms with Crippen LogP contribution >= 0.6 is 0 Å². The van der Waals surface area contributed by atoms with Crippen LogP contribution in [0.5, 0.6) is 0 Å². The first kappa shape index (κ1) is 22.4. The van der Waals surface area contributed by atoms with E-state index in [0.717, 1.165) is 0 Å². The van der Waals surface area contributed by atoms with Crippen LogP contribution in [0.4, 0.5) is 0 Å². The Morgan fingerprint density at radius 1 is 1.12 bits per heavy atom. The van der Waals surface area contributed by atoms with Gasteiger partial charge in [0.1, 0.15) is 0 Å². The number of hydrogen-bond donors (Lipinski definition) is 0. The molecule has 0 saturated carbocycles. The van der Waals surface area contributed by atoms with E-state index < -0.39 is 15.3 Å². The van der Waals surface area contributed by atoms with E-state index in [1.165, 1.54) is 0 Å². The van der Waals surface area contributed by atoms with Crippen molar-refractivity contribution in [2.24, 2.45) is 0 Å². The fraction of sp³-hybridized carbons (Fsp3) is 1.00. The minimum absolute atomic E-state index is 0. The Morgan fingerprint density at radius 3 is 1.12 bits per heavy atom. The van der Waals surface area contributed by atoms with Crippen LogP contribution in [0.25, 0.3) is 0 Å². The van der Waals surface area contributed by atoms with E-state index in [9.17, 15) is 0 Å². The molecule has 0 heterocycles. The molecule has 0 unspecified atom stereocenters. The van der Waals surface area contributed by atoms with Gasteiger partial charge >= 0.3 is 86.3 Å². The minimum Gasteiger partial charge on any atom is 1.00 e. The van der Waals surface area contributed by atoms with E-state index in [-0.39, 0.29) is 59.1 Å². The van der Waals surface area contributed by atoms with Gasteiger partial charge < -0.3 is 0 Å². The van der Waals surface area contributed by atoms with Crippen molar-refractivity contribution in [2.75, 3.05) is 0 Å². The zero-order valence-corrected chi connectivity index (χ0v) is 11.8. The summed E-state index contributed by atoms with van der Waals surface area (Å²) in [6.45, 7) is 4.00. The van der Waals surface area contributed by atoms with Gasteiger partial charge in [-0.3, -0.25) is 0 Å². The average molecular weight is 200 g/mol. The molecule has 40 valence electrons. The topological polar surface area (TPSA) is 63.2 Å². The Bertz CT molecular complexity index is 38.3. The van der Waals surface area contributed by atoms with Crippen LogP contribution < -0.4 is 67.3 Å². The third-order valence-electron chi connectivity index (χ3n) is 0. The summed E-state index contributed by atoms with van der Waals surface area (Å²) in [7, 11) is 0. The Morgan fingerprint density at radius 2 is 1.12 bits per heavy atom. The fourth-order valence-electron chi connectivity index (χ4n) is 0. The predicted octanol–water partition coefficient (Wildman–Crippen LogP) is -8.11. The summed E-state index contributed by atoms with van der Waals surface area (Å²) in [4.78, 5) is 0. The second-order valence-corrected chi connectivity index (χ2v) is 1.30. The first-order valence-electron chi connectivity index (χ1n) is 1.61. The standard InChI is InChI=1S/C2H6.AsH3O3.2Na/c1-2;2-1(3)4;;/h1-2H3;1H,(H2,2,3,4);;/q;;2*+1/p-2. The third kappa shape index (κ3) is 84.5. The van der Waals surface area contributed by atoms with E-state index in [2.05, 4.69) is 0 Å². The van der Waals surface area contributed by atoms with Gasteiger partial charge in [-0.25, -0.2) is 0 Å².